The first-order valence-electron chi connectivity index (χ1n) is 10.8. The summed E-state index contributed by atoms with van der Waals surface area (Å²) in [7, 11) is 3.36. The van der Waals surface area contributed by atoms with E-state index in [1.807, 2.05) is 12.3 Å². The number of aromatic nitrogens is 2. The Morgan fingerprint density at radius 1 is 1.19 bits per heavy atom. The Kier molecular flexibility index (Phi) is 8.22. The molecule has 172 valence electrons. The molecule has 0 bridgehead atoms. The number of fused-ring (bicyclic) bond motifs is 2. The van der Waals surface area contributed by atoms with Gasteiger partial charge < -0.3 is 24.1 Å². The van der Waals surface area contributed by atoms with Crippen molar-refractivity contribution in [2.75, 3.05) is 33.9 Å². The van der Waals surface area contributed by atoms with E-state index >= 15 is 0 Å². The molecule has 0 aliphatic carbocycles. The first-order valence-corrected chi connectivity index (χ1v) is 10.8. The second-order valence-corrected chi connectivity index (χ2v) is 7.79. The molecule has 0 unspecified atom stereocenters. The number of aliphatic imine (C=N–C) groups is 1. The second kappa shape index (κ2) is 10.9. The van der Waals surface area contributed by atoms with Crippen LogP contribution in [0.1, 0.15) is 29.3 Å². The molecule has 1 aliphatic rings. The number of nitrogens with zero attached hydrogens (tertiary/aromatic N) is 4. The summed E-state index contributed by atoms with van der Waals surface area (Å²) in [5.74, 6) is 2.51. The second-order valence-electron chi connectivity index (χ2n) is 7.79. The lowest BCUT2D eigenvalue weighted by Gasteiger charge is -2.32. The van der Waals surface area contributed by atoms with E-state index in [4.69, 9.17) is 19.5 Å². The Labute approximate surface area is 206 Å². The van der Waals surface area contributed by atoms with Gasteiger partial charge >= 0.3 is 0 Å². The summed E-state index contributed by atoms with van der Waals surface area (Å²) >= 11 is 0. The Hall–Kier alpha value is -2.49. The highest BCUT2D eigenvalue weighted by Gasteiger charge is 2.21. The van der Waals surface area contributed by atoms with Crippen molar-refractivity contribution in [2.45, 2.75) is 33.2 Å². The maximum Gasteiger partial charge on any atom is 0.194 e. The van der Waals surface area contributed by atoms with Crippen molar-refractivity contribution in [3.63, 3.8) is 0 Å². The van der Waals surface area contributed by atoms with E-state index in [1.165, 1.54) is 16.7 Å². The fraction of sp³-hybridized carbons (Fsp3) is 0.417. The van der Waals surface area contributed by atoms with Gasteiger partial charge in [-0.05, 0) is 55.2 Å². The van der Waals surface area contributed by atoms with Crippen molar-refractivity contribution < 1.29 is 9.47 Å². The molecule has 0 fully saturated rings. The number of nitrogens with one attached hydrogen (secondary N) is 1. The molecular formula is C24H32IN5O2. The minimum atomic E-state index is 0. The van der Waals surface area contributed by atoms with Crippen LogP contribution in [-0.2, 0) is 19.4 Å². The number of pyridine rings is 1. The quantitative estimate of drug-likeness (QED) is 0.288. The van der Waals surface area contributed by atoms with Gasteiger partial charge in [0.15, 0.2) is 17.5 Å². The van der Waals surface area contributed by atoms with Gasteiger partial charge in [0.2, 0.25) is 0 Å². The summed E-state index contributed by atoms with van der Waals surface area (Å²) < 4.78 is 13.0. The van der Waals surface area contributed by atoms with E-state index in [0.29, 0.717) is 6.54 Å². The predicted octanol–water partition coefficient (Wildman–Crippen LogP) is 3.84. The molecule has 8 heteroatoms. The summed E-state index contributed by atoms with van der Waals surface area (Å²) in [4.78, 5) is 12.0. The SMILES string of the molecule is CCNC(=NCCc1cn2cccc(C)c2n1)N1CCc2cc(OC)c(OC)cc2C1.I. The van der Waals surface area contributed by atoms with Gasteiger partial charge in [-0.1, -0.05) is 6.07 Å². The van der Waals surface area contributed by atoms with Crippen molar-refractivity contribution in [1.29, 1.82) is 0 Å². The van der Waals surface area contributed by atoms with Crippen LogP contribution >= 0.6 is 24.0 Å². The number of methoxy groups -OCH3 is 2. The largest absolute Gasteiger partial charge is 0.493 e. The van der Waals surface area contributed by atoms with Crippen LogP contribution in [0.15, 0.2) is 41.7 Å². The van der Waals surface area contributed by atoms with Crippen LogP contribution in [-0.4, -0.2) is 54.1 Å². The molecule has 2 aromatic heterocycles. The number of guanidine groups is 1. The van der Waals surface area contributed by atoms with E-state index in [2.05, 4.69) is 52.9 Å². The molecule has 32 heavy (non-hydrogen) atoms. The molecule has 4 rings (SSSR count). The molecule has 3 aromatic rings. The molecular weight excluding hydrogens is 517 g/mol. The molecule has 0 spiro atoms. The molecule has 0 saturated heterocycles. The third-order valence-corrected chi connectivity index (χ3v) is 5.71. The van der Waals surface area contributed by atoms with Crippen LogP contribution in [0.3, 0.4) is 0 Å². The number of aryl methyl sites for hydroxylation is 1. The van der Waals surface area contributed by atoms with Gasteiger partial charge in [-0.3, -0.25) is 4.99 Å². The highest BCUT2D eigenvalue weighted by Crippen LogP contribution is 2.33. The zero-order valence-corrected chi connectivity index (χ0v) is 21.6. The average molecular weight is 549 g/mol. The number of rotatable bonds is 6. The van der Waals surface area contributed by atoms with Crippen molar-refractivity contribution >= 4 is 35.6 Å². The predicted molar refractivity (Wildman–Crippen MR) is 139 cm³/mol. The van der Waals surface area contributed by atoms with Crippen LogP contribution < -0.4 is 14.8 Å². The summed E-state index contributed by atoms with van der Waals surface area (Å²) in [6, 6.07) is 8.32. The number of ether oxygens (including phenoxy) is 2. The van der Waals surface area contributed by atoms with Gasteiger partial charge in [0.05, 0.1) is 19.9 Å². The lowest BCUT2D eigenvalue weighted by molar-refractivity contribution is 0.346. The van der Waals surface area contributed by atoms with Crippen molar-refractivity contribution in [1.82, 2.24) is 19.6 Å². The van der Waals surface area contributed by atoms with Crippen LogP contribution in [0, 0.1) is 6.92 Å². The average Bonchev–Trinajstić information content (AvgIpc) is 3.21. The van der Waals surface area contributed by atoms with Crippen LogP contribution in [0.5, 0.6) is 11.5 Å². The van der Waals surface area contributed by atoms with E-state index in [9.17, 15) is 0 Å². The van der Waals surface area contributed by atoms with Crippen molar-refractivity contribution in [3.8, 4) is 11.5 Å². The normalized spacial score (nSPS) is 13.5. The Morgan fingerprint density at radius 3 is 2.62 bits per heavy atom. The fourth-order valence-electron chi connectivity index (χ4n) is 4.09. The maximum absolute atomic E-state index is 5.49. The van der Waals surface area contributed by atoms with Gasteiger partial charge in [0, 0.05) is 45.0 Å². The number of hydrogen-bond acceptors (Lipinski definition) is 4. The zero-order chi connectivity index (χ0) is 21.8. The Morgan fingerprint density at radius 2 is 1.94 bits per heavy atom. The molecule has 1 aliphatic heterocycles. The number of hydrogen-bond donors (Lipinski definition) is 1. The van der Waals surface area contributed by atoms with Crippen molar-refractivity contribution in [2.24, 2.45) is 4.99 Å². The van der Waals surface area contributed by atoms with Crippen molar-refractivity contribution in [3.05, 3.63) is 59.0 Å². The molecule has 1 aromatic carbocycles. The monoisotopic (exact) mass is 549 g/mol. The van der Waals surface area contributed by atoms with Gasteiger partial charge in [-0.2, -0.15) is 0 Å². The highest BCUT2D eigenvalue weighted by molar-refractivity contribution is 14.0. The molecule has 0 amide bonds. The molecule has 0 saturated carbocycles. The molecule has 1 N–H and O–H groups in total. The summed E-state index contributed by atoms with van der Waals surface area (Å²) in [6.07, 6.45) is 5.90. The summed E-state index contributed by atoms with van der Waals surface area (Å²) in [5, 5.41) is 3.45. The minimum absolute atomic E-state index is 0. The fourth-order valence-corrected chi connectivity index (χ4v) is 4.09. The smallest absolute Gasteiger partial charge is 0.194 e. The number of halogens is 1. The van der Waals surface area contributed by atoms with Crippen LogP contribution in [0.2, 0.25) is 0 Å². The van der Waals surface area contributed by atoms with Crippen LogP contribution in [0.25, 0.3) is 5.65 Å². The third kappa shape index (κ3) is 5.11. The molecule has 3 heterocycles. The minimum Gasteiger partial charge on any atom is -0.493 e. The van der Waals surface area contributed by atoms with Gasteiger partial charge in [-0.15, -0.1) is 24.0 Å². The summed E-state index contributed by atoms with van der Waals surface area (Å²) in [5.41, 5.74) is 5.83. The van der Waals surface area contributed by atoms with E-state index in [1.54, 1.807) is 14.2 Å². The number of imidazole rings is 1. The lowest BCUT2D eigenvalue weighted by Crippen LogP contribution is -2.44. The van der Waals surface area contributed by atoms with Gasteiger partial charge in [-0.25, -0.2) is 4.98 Å². The molecule has 0 radical (unpaired) electrons. The van der Waals surface area contributed by atoms with Gasteiger partial charge in [0.25, 0.3) is 0 Å². The Bertz CT molecular complexity index is 1100. The number of benzene rings is 1. The standard InChI is InChI=1S/C24H31N5O2.HI/c1-5-25-24(26-10-8-20-16-28-11-6-7-17(2)23(28)27-20)29-12-9-18-13-21(30-3)22(31-4)14-19(18)15-29;/h6-7,11,13-14,16H,5,8-10,12,15H2,1-4H3,(H,25,26);1H. The molecule has 7 nitrogen and oxygen atoms in total. The van der Waals surface area contributed by atoms with E-state index in [0.717, 1.165) is 61.3 Å². The van der Waals surface area contributed by atoms with Crippen LogP contribution in [0.4, 0.5) is 0 Å². The topological polar surface area (TPSA) is 63.4 Å². The first-order chi connectivity index (χ1) is 15.1. The molecule has 0 atom stereocenters. The zero-order valence-electron chi connectivity index (χ0n) is 19.2. The summed E-state index contributed by atoms with van der Waals surface area (Å²) in [6.45, 7) is 7.44. The highest BCUT2D eigenvalue weighted by atomic mass is 127. The lowest BCUT2D eigenvalue weighted by atomic mass is 9.99. The maximum atomic E-state index is 5.49. The Balaban J connectivity index is 0.00000289. The first kappa shape index (κ1) is 24.2. The third-order valence-electron chi connectivity index (χ3n) is 5.71. The van der Waals surface area contributed by atoms with E-state index < -0.39 is 0 Å². The van der Waals surface area contributed by atoms with Gasteiger partial charge in [0.1, 0.15) is 5.65 Å². The van der Waals surface area contributed by atoms with E-state index in [-0.39, 0.29) is 24.0 Å².